The fraction of sp³-hybridized carbons (Fsp3) is 0.294. The normalized spacial score (nSPS) is 15.1. The summed E-state index contributed by atoms with van der Waals surface area (Å²) in [6.07, 6.45) is 0.830. The monoisotopic (exact) mass is 588 g/mol. The second-order valence-electron chi connectivity index (χ2n) is 11.7. The van der Waals surface area contributed by atoms with E-state index >= 15 is 0 Å². The molecule has 0 saturated carbocycles. The fourth-order valence-electron chi connectivity index (χ4n) is 4.81. The maximum absolute atomic E-state index is 13.8. The second kappa shape index (κ2) is 12.8. The molecule has 7 heteroatoms. The smallest absolute Gasteiger partial charge is 0.241 e. The van der Waals surface area contributed by atoms with E-state index in [2.05, 4.69) is 21.6 Å². The third-order valence-electron chi connectivity index (χ3n) is 7.18. The Labute approximate surface area is 248 Å². The number of sulfonamides is 1. The lowest BCUT2D eigenvalue weighted by atomic mass is 9.78. The lowest BCUT2D eigenvalue weighted by Gasteiger charge is -2.40. The van der Waals surface area contributed by atoms with Crippen LogP contribution in [0.4, 0.5) is 0 Å². The average molecular weight is 589 g/mol. The van der Waals surface area contributed by atoms with Gasteiger partial charge in [-0.3, -0.25) is 0 Å². The Hall–Kier alpha value is -3.10. The Morgan fingerprint density at radius 3 is 1.78 bits per heavy atom. The van der Waals surface area contributed by atoms with E-state index in [1.165, 1.54) is 0 Å². The van der Waals surface area contributed by atoms with Crippen LogP contribution in [0.2, 0.25) is 0 Å². The molecule has 4 aromatic carbocycles. The minimum Gasteiger partial charge on any atom is -0.242 e. The summed E-state index contributed by atoms with van der Waals surface area (Å²) < 4.78 is 47.3. The maximum Gasteiger partial charge on any atom is 0.241 e. The van der Waals surface area contributed by atoms with Crippen molar-refractivity contribution in [2.75, 3.05) is 0 Å². The topological polar surface area (TPSA) is 75.3 Å². The molecule has 0 spiro atoms. The van der Waals surface area contributed by atoms with Crippen LogP contribution >= 0.6 is 0 Å². The molecule has 0 aliphatic rings. The Morgan fingerprint density at radius 2 is 1.24 bits per heavy atom. The van der Waals surface area contributed by atoms with Crippen molar-refractivity contribution in [3.8, 4) is 0 Å². The standard InChI is InChI=1S/C34H40N2O3S2/c1-26-16-20-29(21-17-26)32(35-41(38,39)31-22-18-27(2)19-23-31)25-34(30-14-10-7-11-15-30,36-40(37)33(3,4)5)24-28-12-8-6-9-13-28/h6-23,32,35-36H,24-25H2,1-5H3/t32-,34-,40-/m0/s1. The van der Waals surface area contributed by atoms with Crippen molar-refractivity contribution < 1.29 is 12.6 Å². The number of benzene rings is 4. The van der Waals surface area contributed by atoms with Crippen molar-refractivity contribution in [2.45, 2.75) is 68.7 Å². The van der Waals surface area contributed by atoms with E-state index in [9.17, 15) is 12.6 Å². The molecule has 0 saturated heterocycles. The van der Waals surface area contributed by atoms with E-state index < -0.39 is 37.3 Å². The molecule has 3 atom stereocenters. The summed E-state index contributed by atoms with van der Waals surface area (Å²) in [6.45, 7) is 9.74. The highest BCUT2D eigenvalue weighted by Gasteiger charge is 2.40. The van der Waals surface area contributed by atoms with Crippen molar-refractivity contribution in [1.29, 1.82) is 0 Å². The molecule has 0 radical (unpaired) electrons. The number of hydrogen-bond donors (Lipinski definition) is 2. The van der Waals surface area contributed by atoms with Gasteiger partial charge in [0, 0.05) is 6.04 Å². The molecule has 4 rings (SSSR count). The molecule has 0 aliphatic heterocycles. The Morgan fingerprint density at radius 1 is 0.732 bits per heavy atom. The molecular formula is C34H40N2O3S2. The highest BCUT2D eigenvalue weighted by Crippen LogP contribution is 2.38. The maximum atomic E-state index is 13.8. The second-order valence-corrected chi connectivity index (χ2v) is 15.4. The van der Waals surface area contributed by atoms with E-state index in [0.29, 0.717) is 12.8 Å². The lowest BCUT2D eigenvalue weighted by molar-refractivity contribution is 0.325. The van der Waals surface area contributed by atoms with Crippen molar-refractivity contribution in [1.82, 2.24) is 9.44 Å². The molecule has 0 fully saturated rings. The van der Waals surface area contributed by atoms with Gasteiger partial charge in [-0.2, -0.15) is 0 Å². The summed E-state index contributed by atoms with van der Waals surface area (Å²) in [7, 11) is -5.32. The average Bonchev–Trinajstić information content (AvgIpc) is 2.93. The van der Waals surface area contributed by atoms with Crippen LogP contribution in [0, 0.1) is 13.8 Å². The highest BCUT2D eigenvalue weighted by molar-refractivity contribution is 7.89. The van der Waals surface area contributed by atoms with Crippen LogP contribution in [0.1, 0.15) is 61.1 Å². The molecular weight excluding hydrogens is 549 g/mol. The quantitative estimate of drug-likeness (QED) is 0.200. The third-order valence-corrected chi connectivity index (χ3v) is 10.4. The minimum absolute atomic E-state index is 0.208. The number of aryl methyl sites for hydroxylation is 2. The molecule has 0 heterocycles. The van der Waals surface area contributed by atoms with Gasteiger partial charge in [-0.15, -0.1) is 0 Å². The molecule has 0 unspecified atom stereocenters. The van der Waals surface area contributed by atoms with Gasteiger partial charge in [0.25, 0.3) is 0 Å². The number of hydrogen-bond acceptors (Lipinski definition) is 3. The van der Waals surface area contributed by atoms with E-state index in [1.54, 1.807) is 24.3 Å². The summed E-state index contributed by atoms with van der Waals surface area (Å²) in [6, 6.07) is 34.2. The zero-order chi connectivity index (χ0) is 29.7. The summed E-state index contributed by atoms with van der Waals surface area (Å²) in [4.78, 5) is 0.208. The molecule has 0 bridgehead atoms. The first-order valence-electron chi connectivity index (χ1n) is 13.8. The van der Waals surface area contributed by atoms with Crippen LogP contribution in [0.3, 0.4) is 0 Å². The lowest BCUT2D eigenvalue weighted by Crippen LogP contribution is -2.51. The van der Waals surface area contributed by atoms with Crippen LogP contribution in [0.5, 0.6) is 0 Å². The fourth-order valence-corrected chi connectivity index (χ4v) is 6.97. The molecule has 41 heavy (non-hydrogen) atoms. The summed E-state index contributed by atoms with van der Waals surface area (Å²) in [5.74, 6) is 0. The summed E-state index contributed by atoms with van der Waals surface area (Å²) in [5.41, 5.74) is 4.03. The summed E-state index contributed by atoms with van der Waals surface area (Å²) >= 11 is 0. The van der Waals surface area contributed by atoms with Crippen molar-refractivity contribution in [2.24, 2.45) is 0 Å². The Bertz CT molecular complexity index is 1550. The Kier molecular flexibility index (Phi) is 9.65. The predicted octanol–water partition coefficient (Wildman–Crippen LogP) is 6.90. The molecule has 2 N–H and O–H groups in total. The van der Waals surface area contributed by atoms with Gasteiger partial charge in [0.15, 0.2) is 0 Å². The zero-order valence-electron chi connectivity index (χ0n) is 24.4. The van der Waals surface area contributed by atoms with Gasteiger partial charge in [0.1, 0.15) is 0 Å². The molecule has 0 amide bonds. The number of rotatable bonds is 11. The first kappa shape index (κ1) is 30.8. The molecule has 5 nitrogen and oxygen atoms in total. The van der Waals surface area contributed by atoms with E-state index in [-0.39, 0.29) is 4.90 Å². The van der Waals surface area contributed by atoms with E-state index in [0.717, 1.165) is 27.8 Å². The van der Waals surface area contributed by atoms with Crippen molar-refractivity contribution in [3.63, 3.8) is 0 Å². The van der Waals surface area contributed by atoms with Crippen LogP contribution in [0.15, 0.2) is 114 Å². The van der Waals surface area contributed by atoms with Crippen LogP contribution < -0.4 is 9.44 Å². The largest absolute Gasteiger partial charge is 0.242 e. The summed E-state index contributed by atoms with van der Waals surface area (Å²) in [5, 5.41) is 0. The zero-order valence-corrected chi connectivity index (χ0v) is 26.1. The van der Waals surface area contributed by atoms with Gasteiger partial charge >= 0.3 is 0 Å². The van der Waals surface area contributed by atoms with Crippen LogP contribution in [-0.2, 0) is 33.0 Å². The van der Waals surface area contributed by atoms with Gasteiger partial charge in [-0.05, 0) is 76.3 Å². The van der Waals surface area contributed by atoms with Crippen molar-refractivity contribution in [3.05, 3.63) is 137 Å². The van der Waals surface area contributed by atoms with Crippen LogP contribution in [0.25, 0.3) is 0 Å². The Balaban J connectivity index is 1.88. The number of nitrogens with one attached hydrogen (secondary N) is 2. The molecule has 0 aliphatic carbocycles. The minimum atomic E-state index is -3.87. The van der Waals surface area contributed by atoms with Crippen LogP contribution in [-0.4, -0.2) is 17.4 Å². The van der Waals surface area contributed by atoms with Gasteiger partial charge in [0.05, 0.1) is 26.2 Å². The molecule has 0 aromatic heterocycles. The van der Waals surface area contributed by atoms with Gasteiger partial charge < -0.3 is 0 Å². The van der Waals surface area contributed by atoms with E-state index in [1.807, 2.05) is 107 Å². The highest BCUT2D eigenvalue weighted by atomic mass is 32.2. The third kappa shape index (κ3) is 8.01. The molecule has 4 aromatic rings. The first-order valence-corrected chi connectivity index (χ1v) is 16.5. The van der Waals surface area contributed by atoms with Gasteiger partial charge in [0.2, 0.25) is 10.0 Å². The SMILES string of the molecule is Cc1ccc([C@H](C[C@](Cc2ccccc2)(N[S@@](=O)C(C)(C)C)c2ccccc2)NS(=O)(=O)c2ccc(C)cc2)cc1. The first-order chi connectivity index (χ1) is 19.4. The van der Waals surface area contributed by atoms with Crippen molar-refractivity contribution >= 4 is 21.0 Å². The predicted molar refractivity (Wildman–Crippen MR) is 169 cm³/mol. The van der Waals surface area contributed by atoms with E-state index in [4.69, 9.17) is 0 Å². The van der Waals surface area contributed by atoms with Gasteiger partial charge in [-0.1, -0.05) is 108 Å². The molecule has 216 valence electrons. The van der Waals surface area contributed by atoms with Gasteiger partial charge in [-0.25, -0.2) is 22.1 Å².